The van der Waals surface area contributed by atoms with Crippen molar-refractivity contribution in [2.45, 2.75) is 26.3 Å². The first kappa shape index (κ1) is 14.0. The van der Waals surface area contributed by atoms with Crippen molar-refractivity contribution in [1.82, 2.24) is 10.3 Å². The second kappa shape index (κ2) is 5.48. The number of carbonyl (C=O) groups is 2. The predicted octanol–water partition coefficient (Wildman–Crippen LogP) is 1.11. The molecule has 6 nitrogen and oxygen atoms in total. The third-order valence-electron chi connectivity index (χ3n) is 1.91. The summed E-state index contributed by atoms with van der Waals surface area (Å²) in [6.07, 6.45) is 0. The van der Waals surface area contributed by atoms with Gasteiger partial charge in [-0.2, -0.15) is 0 Å². The van der Waals surface area contributed by atoms with Gasteiger partial charge in [-0.15, -0.1) is 0 Å². The average Bonchev–Trinajstić information content (AvgIpc) is 2.24. The van der Waals surface area contributed by atoms with Crippen molar-refractivity contribution >= 4 is 17.7 Å². The van der Waals surface area contributed by atoms with E-state index in [0.29, 0.717) is 5.82 Å². The molecular weight excluding hydrogens is 234 g/mol. The Morgan fingerprint density at radius 2 is 2.00 bits per heavy atom. The van der Waals surface area contributed by atoms with Crippen LogP contribution in [0, 0.1) is 0 Å². The molecule has 1 rings (SSSR count). The monoisotopic (exact) mass is 251 g/mol. The molecule has 1 amide bonds. The number of rotatable bonds is 4. The lowest BCUT2D eigenvalue weighted by molar-refractivity contribution is -0.120. The third-order valence-corrected chi connectivity index (χ3v) is 1.91. The standard InChI is InChI=1S/C12H17N3O3/c1-12(2,3)15-10(16)7-13-9-6-4-5-8(14-9)11(17)18/h4-6H,7H2,1-3H3,(H,13,14)(H,15,16)(H,17,18). The highest BCUT2D eigenvalue weighted by Crippen LogP contribution is 2.04. The molecule has 1 heterocycles. The third kappa shape index (κ3) is 4.82. The molecule has 0 aliphatic carbocycles. The fraction of sp³-hybridized carbons (Fsp3) is 0.417. The minimum atomic E-state index is -1.10. The summed E-state index contributed by atoms with van der Waals surface area (Å²) in [4.78, 5) is 26.1. The Bertz CT molecular complexity index is 452. The number of aromatic carboxylic acids is 1. The zero-order valence-corrected chi connectivity index (χ0v) is 10.7. The maximum absolute atomic E-state index is 11.5. The first-order valence-corrected chi connectivity index (χ1v) is 5.53. The van der Waals surface area contributed by atoms with E-state index in [2.05, 4.69) is 15.6 Å². The van der Waals surface area contributed by atoms with Gasteiger partial charge in [0, 0.05) is 5.54 Å². The largest absolute Gasteiger partial charge is 0.477 e. The lowest BCUT2D eigenvalue weighted by Gasteiger charge is -2.20. The van der Waals surface area contributed by atoms with Gasteiger partial charge in [-0.1, -0.05) is 6.07 Å². The van der Waals surface area contributed by atoms with Crippen molar-refractivity contribution in [2.75, 3.05) is 11.9 Å². The Hall–Kier alpha value is -2.11. The summed E-state index contributed by atoms with van der Waals surface area (Å²) >= 11 is 0. The summed E-state index contributed by atoms with van der Waals surface area (Å²) in [7, 11) is 0. The molecule has 0 unspecified atom stereocenters. The fourth-order valence-corrected chi connectivity index (χ4v) is 1.29. The lowest BCUT2D eigenvalue weighted by atomic mass is 10.1. The van der Waals surface area contributed by atoms with E-state index in [1.807, 2.05) is 20.8 Å². The number of anilines is 1. The highest BCUT2D eigenvalue weighted by atomic mass is 16.4. The SMILES string of the molecule is CC(C)(C)NC(=O)CNc1cccc(C(=O)O)n1. The summed E-state index contributed by atoms with van der Waals surface area (Å²) in [6.45, 7) is 5.70. The molecule has 0 aromatic carbocycles. The predicted molar refractivity (Wildman–Crippen MR) is 67.6 cm³/mol. The van der Waals surface area contributed by atoms with Crippen LogP contribution in [-0.2, 0) is 4.79 Å². The number of nitrogens with one attached hydrogen (secondary N) is 2. The highest BCUT2D eigenvalue weighted by molar-refractivity contribution is 5.86. The van der Waals surface area contributed by atoms with E-state index >= 15 is 0 Å². The van der Waals surface area contributed by atoms with Crippen LogP contribution in [0.4, 0.5) is 5.82 Å². The summed E-state index contributed by atoms with van der Waals surface area (Å²) in [6, 6.07) is 4.57. The number of aromatic nitrogens is 1. The molecule has 1 aromatic heterocycles. The molecule has 0 bridgehead atoms. The Morgan fingerprint density at radius 3 is 2.56 bits per heavy atom. The number of hydrogen-bond donors (Lipinski definition) is 3. The van der Waals surface area contributed by atoms with Gasteiger partial charge in [0.25, 0.3) is 0 Å². The molecule has 0 fully saturated rings. The average molecular weight is 251 g/mol. The van der Waals surface area contributed by atoms with Gasteiger partial charge in [-0.05, 0) is 32.9 Å². The lowest BCUT2D eigenvalue weighted by Crippen LogP contribution is -2.43. The molecule has 1 aromatic rings. The van der Waals surface area contributed by atoms with Crippen molar-refractivity contribution < 1.29 is 14.7 Å². The summed E-state index contributed by atoms with van der Waals surface area (Å²) < 4.78 is 0. The summed E-state index contributed by atoms with van der Waals surface area (Å²) in [5.41, 5.74) is -0.356. The topological polar surface area (TPSA) is 91.3 Å². The molecule has 3 N–H and O–H groups in total. The van der Waals surface area contributed by atoms with Crippen LogP contribution in [-0.4, -0.2) is 34.1 Å². The quantitative estimate of drug-likeness (QED) is 0.745. The molecule has 0 radical (unpaired) electrons. The fourth-order valence-electron chi connectivity index (χ4n) is 1.29. The van der Waals surface area contributed by atoms with E-state index < -0.39 is 5.97 Å². The molecule has 0 aliphatic heterocycles. The number of hydrogen-bond acceptors (Lipinski definition) is 4. The van der Waals surface area contributed by atoms with Gasteiger partial charge in [0.2, 0.25) is 5.91 Å². The van der Waals surface area contributed by atoms with Crippen molar-refractivity contribution in [2.24, 2.45) is 0 Å². The Balaban J connectivity index is 2.56. The number of pyridine rings is 1. The van der Waals surface area contributed by atoms with Crippen LogP contribution in [0.15, 0.2) is 18.2 Å². The van der Waals surface area contributed by atoms with E-state index in [0.717, 1.165) is 0 Å². The Morgan fingerprint density at radius 1 is 1.33 bits per heavy atom. The molecule has 0 saturated heterocycles. The van der Waals surface area contributed by atoms with Gasteiger partial charge in [0.05, 0.1) is 6.54 Å². The minimum absolute atomic E-state index is 0.0490. The van der Waals surface area contributed by atoms with Crippen LogP contribution in [0.2, 0.25) is 0 Å². The number of carboxylic acid groups (broad SMARTS) is 1. The van der Waals surface area contributed by atoms with Crippen LogP contribution < -0.4 is 10.6 Å². The van der Waals surface area contributed by atoms with Crippen LogP contribution in [0.5, 0.6) is 0 Å². The zero-order valence-electron chi connectivity index (χ0n) is 10.7. The molecule has 6 heteroatoms. The number of nitrogens with zero attached hydrogens (tertiary/aromatic N) is 1. The van der Waals surface area contributed by atoms with E-state index in [4.69, 9.17) is 5.11 Å². The number of carbonyl (C=O) groups excluding carboxylic acids is 1. The number of carboxylic acids is 1. The molecule has 0 atom stereocenters. The first-order valence-electron chi connectivity index (χ1n) is 5.53. The van der Waals surface area contributed by atoms with Gasteiger partial charge in [0.15, 0.2) is 5.69 Å². The van der Waals surface area contributed by atoms with Gasteiger partial charge < -0.3 is 15.7 Å². The molecular formula is C12H17N3O3. The number of amides is 1. The molecule has 18 heavy (non-hydrogen) atoms. The first-order chi connectivity index (χ1) is 8.28. The van der Waals surface area contributed by atoms with Crippen molar-refractivity contribution in [1.29, 1.82) is 0 Å². The van der Waals surface area contributed by atoms with Crippen molar-refractivity contribution in [3.05, 3.63) is 23.9 Å². The second-order valence-corrected chi connectivity index (χ2v) is 4.86. The highest BCUT2D eigenvalue weighted by Gasteiger charge is 2.13. The summed E-state index contributed by atoms with van der Waals surface area (Å²) in [5.74, 6) is -0.915. The smallest absolute Gasteiger partial charge is 0.354 e. The normalized spacial score (nSPS) is 10.8. The van der Waals surface area contributed by atoms with Gasteiger partial charge in [-0.25, -0.2) is 9.78 Å². The van der Waals surface area contributed by atoms with E-state index in [1.165, 1.54) is 6.07 Å². The van der Waals surface area contributed by atoms with Gasteiger partial charge in [-0.3, -0.25) is 4.79 Å². The van der Waals surface area contributed by atoms with Crippen molar-refractivity contribution in [3.63, 3.8) is 0 Å². The zero-order chi connectivity index (χ0) is 13.8. The Labute approximate surface area is 105 Å². The minimum Gasteiger partial charge on any atom is -0.477 e. The van der Waals surface area contributed by atoms with Crippen LogP contribution >= 0.6 is 0 Å². The summed E-state index contributed by atoms with van der Waals surface area (Å²) in [5, 5.41) is 14.3. The van der Waals surface area contributed by atoms with Gasteiger partial charge in [0.1, 0.15) is 5.82 Å². The molecule has 0 saturated carbocycles. The van der Waals surface area contributed by atoms with Crippen LogP contribution in [0.1, 0.15) is 31.3 Å². The molecule has 0 spiro atoms. The van der Waals surface area contributed by atoms with Gasteiger partial charge >= 0.3 is 5.97 Å². The van der Waals surface area contributed by atoms with Crippen molar-refractivity contribution in [3.8, 4) is 0 Å². The van der Waals surface area contributed by atoms with Crippen LogP contribution in [0.25, 0.3) is 0 Å². The second-order valence-electron chi connectivity index (χ2n) is 4.86. The van der Waals surface area contributed by atoms with E-state index in [-0.39, 0.29) is 23.7 Å². The maximum atomic E-state index is 11.5. The molecule has 0 aliphatic rings. The Kier molecular flexibility index (Phi) is 4.25. The maximum Gasteiger partial charge on any atom is 0.354 e. The molecule has 98 valence electrons. The van der Waals surface area contributed by atoms with Crippen LogP contribution in [0.3, 0.4) is 0 Å². The van der Waals surface area contributed by atoms with E-state index in [9.17, 15) is 9.59 Å². The van der Waals surface area contributed by atoms with E-state index in [1.54, 1.807) is 12.1 Å².